The van der Waals surface area contributed by atoms with E-state index in [0.717, 1.165) is 18.0 Å². The minimum Gasteiger partial charge on any atom is -0.338 e. The summed E-state index contributed by atoms with van der Waals surface area (Å²) in [6, 6.07) is -0.213. The molecule has 0 spiro atoms. The number of rotatable bonds is 3. The van der Waals surface area contributed by atoms with Crippen molar-refractivity contribution in [1.29, 1.82) is 0 Å². The first-order chi connectivity index (χ1) is 8.93. The van der Waals surface area contributed by atoms with Gasteiger partial charge in [-0.25, -0.2) is 0 Å². The molecule has 2 rings (SSSR count). The van der Waals surface area contributed by atoms with Gasteiger partial charge < -0.3 is 10.3 Å². The Labute approximate surface area is 123 Å². The van der Waals surface area contributed by atoms with E-state index in [0.29, 0.717) is 16.4 Å². The van der Waals surface area contributed by atoms with Gasteiger partial charge in [0.1, 0.15) is 0 Å². The van der Waals surface area contributed by atoms with E-state index in [-0.39, 0.29) is 11.5 Å². The van der Waals surface area contributed by atoms with Gasteiger partial charge in [0.15, 0.2) is 5.82 Å². The summed E-state index contributed by atoms with van der Waals surface area (Å²) in [4.78, 5) is 4.56. The van der Waals surface area contributed by atoms with Gasteiger partial charge in [-0.2, -0.15) is 16.7 Å². The molecule has 1 aromatic rings. The maximum Gasteiger partial charge on any atom is 0.244 e. The third kappa shape index (κ3) is 3.47. The van der Waals surface area contributed by atoms with Gasteiger partial charge in [-0.05, 0) is 11.8 Å². The molecule has 0 saturated carbocycles. The third-order valence-corrected chi connectivity index (χ3v) is 6.61. The summed E-state index contributed by atoms with van der Waals surface area (Å²) in [5.74, 6) is 3.75. The molecule has 4 nitrogen and oxygen atoms in total. The molecule has 1 saturated heterocycles. The Hall–Kier alpha value is -0.200. The normalized spacial score (nSPS) is 26.4. The first-order valence-electron chi connectivity index (χ1n) is 6.75. The van der Waals surface area contributed by atoms with Crippen LogP contribution in [-0.4, -0.2) is 26.9 Å². The van der Waals surface area contributed by atoms with Crippen molar-refractivity contribution in [2.75, 3.05) is 11.5 Å². The molecule has 19 heavy (non-hydrogen) atoms. The highest BCUT2D eigenvalue weighted by molar-refractivity contribution is 8.06. The largest absolute Gasteiger partial charge is 0.338 e. The summed E-state index contributed by atoms with van der Waals surface area (Å²) < 4.78 is 5.39. The predicted molar refractivity (Wildman–Crippen MR) is 82.4 cm³/mol. The Morgan fingerprint density at radius 2 is 2.05 bits per heavy atom. The predicted octanol–water partition coefficient (Wildman–Crippen LogP) is 3.42. The molecule has 108 valence electrons. The van der Waals surface area contributed by atoms with Crippen LogP contribution in [-0.2, 0) is 0 Å². The minimum absolute atomic E-state index is 0.0670. The molecule has 1 aliphatic heterocycles. The zero-order valence-corrected chi connectivity index (χ0v) is 13.7. The van der Waals surface area contributed by atoms with E-state index in [2.05, 4.69) is 37.8 Å². The van der Waals surface area contributed by atoms with E-state index in [1.807, 2.05) is 23.5 Å². The molecule has 1 aromatic heterocycles. The van der Waals surface area contributed by atoms with Crippen LogP contribution >= 0.6 is 23.5 Å². The van der Waals surface area contributed by atoms with Crippen molar-refractivity contribution in [2.24, 2.45) is 11.1 Å². The van der Waals surface area contributed by atoms with Crippen LogP contribution in [0.3, 0.4) is 0 Å². The van der Waals surface area contributed by atoms with Crippen LogP contribution in [0.15, 0.2) is 4.52 Å². The first kappa shape index (κ1) is 15.2. The van der Waals surface area contributed by atoms with Crippen molar-refractivity contribution in [1.82, 2.24) is 10.1 Å². The number of hydrogen-bond donors (Lipinski definition) is 1. The molecule has 1 fully saturated rings. The summed E-state index contributed by atoms with van der Waals surface area (Å²) in [7, 11) is 0. The molecule has 6 heteroatoms. The zero-order valence-electron chi connectivity index (χ0n) is 12.0. The second-order valence-electron chi connectivity index (χ2n) is 5.94. The van der Waals surface area contributed by atoms with Crippen LogP contribution in [0, 0.1) is 5.41 Å². The van der Waals surface area contributed by atoms with E-state index in [4.69, 9.17) is 10.3 Å². The van der Waals surface area contributed by atoms with Crippen LogP contribution in [0.25, 0.3) is 0 Å². The van der Waals surface area contributed by atoms with Crippen LogP contribution in [0.2, 0.25) is 0 Å². The lowest BCUT2D eigenvalue weighted by Crippen LogP contribution is -2.26. The molecule has 2 unspecified atom stereocenters. The Balaban J connectivity index is 2.16. The lowest BCUT2D eigenvalue weighted by molar-refractivity contribution is 0.252. The highest BCUT2D eigenvalue weighted by Crippen LogP contribution is 2.43. The quantitative estimate of drug-likeness (QED) is 0.923. The number of nitrogens with zero attached hydrogens (tertiary/aromatic N) is 2. The molecule has 0 radical (unpaired) electrons. The average Bonchev–Trinajstić information content (AvgIpc) is 2.86. The molecular formula is C13H23N3OS2. The Kier molecular flexibility index (Phi) is 4.84. The van der Waals surface area contributed by atoms with E-state index < -0.39 is 0 Å². The molecule has 3 atom stereocenters. The topological polar surface area (TPSA) is 64.9 Å². The zero-order chi connectivity index (χ0) is 14.0. The fraction of sp³-hybridized carbons (Fsp3) is 0.846. The second-order valence-corrected chi connectivity index (χ2v) is 8.54. The number of nitrogens with two attached hydrogens (primary N) is 1. The second kappa shape index (κ2) is 6.06. The SMILES string of the molecule is CCC1SCCSC1c1noc([C@@H](N)C(C)(C)C)n1. The fourth-order valence-corrected chi connectivity index (χ4v) is 4.98. The smallest absolute Gasteiger partial charge is 0.244 e. The summed E-state index contributed by atoms with van der Waals surface area (Å²) >= 11 is 3.95. The van der Waals surface area contributed by atoms with Gasteiger partial charge in [0.25, 0.3) is 0 Å². The third-order valence-electron chi connectivity index (χ3n) is 3.36. The molecule has 0 aliphatic carbocycles. The van der Waals surface area contributed by atoms with Gasteiger partial charge >= 0.3 is 0 Å². The van der Waals surface area contributed by atoms with E-state index in [9.17, 15) is 0 Å². The van der Waals surface area contributed by atoms with Crippen molar-refractivity contribution in [3.05, 3.63) is 11.7 Å². The van der Waals surface area contributed by atoms with E-state index >= 15 is 0 Å². The maximum absolute atomic E-state index is 6.17. The molecular weight excluding hydrogens is 278 g/mol. The average molecular weight is 301 g/mol. The van der Waals surface area contributed by atoms with Crippen molar-refractivity contribution >= 4 is 23.5 Å². The standard InChI is InChI=1S/C13H23N3OS2/c1-5-8-9(19-7-6-18-8)11-15-12(17-16-11)10(14)13(2,3)4/h8-10H,5-7,14H2,1-4H3/t8?,9?,10-/m1/s1. The highest BCUT2D eigenvalue weighted by atomic mass is 32.2. The Morgan fingerprint density at radius 3 is 2.68 bits per heavy atom. The van der Waals surface area contributed by atoms with Crippen molar-refractivity contribution < 1.29 is 4.52 Å². The summed E-state index contributed by atoms with van der Waals surface area (Å²) in [5, 5.41) is 5.09. The Bertz CT molecular complexity index is 416. The van der Waals surface area contributed by atoms with Crippen LogP contribution in [0.4, 0.5) is 0 Å². The van der Waals surface area contributed by atoms with Gasteiger partial charge in [-0.1, -0.05) is 32.9 Å². The number of thioether (sulfide) groups is 2. The monoisotopic (exact) mass is 301 g/mol. The highest BCUT2D eigenvalue weighted by Gasteiger charge is 2.33. The van der Waals surface area contributed by atoms with Gasteiger partial charge in [-0.15, -0.1) is 11.8 Å². The van der Waals surface area contributed by atoms with Crippen molar-refractivity contribution in [2.45, 2.75) is 50.7 Å². The molecule has 0 aromatic carbocycles. The molecule has 2 N–H and O–H groups in total. The maximum atomic E-state index is 6.17. The van der Waals surface area contributed by atoms with Crippen LogP contribution in [0.1, 0.15) is 57.1 Å². The number of hydrogen-bond acceptors (Lipinski definition) is 6. The lowest BCUT2D eigenvalue weighted by Gasteiger charge is -2.27. The first-order valence-corrected chi connectivity index (χ1v) is 8.85. The van der Waals surface area contributed by atoms with Crippen molar-refractivity contribution in [3.63, 3.8) is 0 Å². The van der Waals surface area contributed by atoms with E-state index in [1.54, 1.807) is 0 Å². The van der Waals surface area contributed by atoms with Gasteiger partial charge in [-0.3, -0.25) is 0 Å². The van der Waals surface area contributed by atoms with Crippen molar-refractivity contribution in [3.8, 4) is 0 Å². The summed E-state index contributed by atoms with van der Waals surface area (Å²) in [6.07, 6.45) is 1.14. The van der Waals surface area contributed by atoms with Gasteiger partial charge in [0.2, 0.25) is 5.89 Å². The lowest BCUT2D eigenvalue weighted by atomic mass is 9.87. The summed E-state index contributed by atoms with van der Waals surface area (Å²) in [5.41, 5.74) is 6.11. The van der Waals surface area contributed by atoms with Crippen LogP contribution in [0.5, 0.6) is 0 Å². The Morgan fingerprint density at radius 1 is 1.37 bits per heavy atom. The molecule has 2 heterocycles. The molecule has 1 aliphatic rings. The fourth-order valence-electron chi connectivity index (χ4n) is 2.00. The van der Waals surface area contributed by atoms with Gasteiger partial charge in [0.05, 0.1) is 11.3 Å². The van der Waals surface area contributed by atoms with Crippen LogP contribution < -0.4 is 5.73 Å². The number of aromatic nitrogens is 2. The molecule has 0 bridgehead atoms. The van der Waals surface area contributed by atoms with Gasteiger partial charge in [0, 0.05) is 16.8 Å². The van der Waals surface area contributed by atoms with E-state index in [1.165, 1.54) is 5.75 Å². The summed E-state index contributed by atoms with van der Waals surface area (Å²) in [6.45, 7) is 8.48. The molecule has 0 amide bonds. The minimum atomic E-state index is -0.213.